The minimum atomic E-state index is -0.741. The highest BCUT2D eigenvalue weighted by atomic mass is 16.4. The Labute approximate surface area is 99.1 Å². The van der Waals surface area contributed by atoms with E-state index in [0.717, 1.165) is 25.7 Å². The van der Waals surface area contributed by atoms with Gasteiger partial charge in [0, 0.05) is 5.57 Å². The van der Waals surface area contributed by atoms with E-state index in [1.807, 2.05) is 6.08 Å². The van der Waals surface area contributed by atoms with Crippen LogP contribution in [-0.2, 0) is 4.79 Å². The molecule has 1 aliphatic carbocycles. The molecule has 1 aliphatic rings. The Kier molecular flexibility index (Phi) is 7.61. The molecular weight excluding hydrogens is 200 g/mol. The molecule has 16 heavy (non-hydrogen) atoms. The van der Waals surface area contributed by atoms with Gasteiger partial charge in [-0.1, -0.05) is 24.1 Å². The van der Waals surface area contributed by atoms with Gasteiger partial charge >= 0.3 is 5.97 Å². The van der Waals surface area contributed by atoms with E-state index in [0.29, 0.717) is 5.57 Å². The molecule has 2 heteroatoms. The summed E-state index contributed by atoms with van der Waals surface area (Å²) in [6.07, 6.45) is 6.92. The topological polar surface area (TPSA) is 37.3 Å². The second kappa shape index (κ2) is 8.14. The van der Waals surface area contributed by atoms with E-state index in [1.54, 1.807) is 0 Å². The maximum Gasteiger partial charge on any atom is 0.331 e. The summed E-state index contributed by atoms with van der Waals surface area (Å²) in [4.78, 5) is 10.3. The van der Waals surface area contributed by atoms with Crippen LogP contribution in [0.15, 0.2) is 22.8 Å². The van der Waals surface area contributed by atoms with Crippen molar-refractivity contribution in [2.24, 2.45) is 0 Å². The predicted octanol–water partition coefficient (Wildman–Crippen LogP) is 4.32. The number of aliphatic carboxylic acids is 1. The van der Waals surface area contributed by atoms with Gasteiger partial charge in [-0.2, -0.15) is 0 Å². The molecule has 0 bridgehead atoms. The number of hydrogen-bond acceptors (Lipinski definition) is 1. The van der Waals surface area contributed by atoms with Crippen molar-refractivity contribution < 1.29 is 9.90 Å². The fraction of sp³-hybridized carbons (Fsp3) is 0.643. The fourth-order valence-electron chi connectivity index (χ4n) is 1.39. The highest BCUT2D eigenvalue weighted by Gasteiger charge is 2.08. The van der Waals surface area contributed by atoms with Crippen LogP contribution in [0, 0.1) is 0 Å². The van der Waals surface area contributed by atoms with Gasteiger partial charge in [-0.25, -0.2) is 4.79 Å². The zero-order valence-corrected chi connectivity index (χ0v) is 11.0. The van der Waals surface area contributed by atoms with Gasteiger partial charge in [0.2, 0.25) is 0 Å². The first-order valence-corrected chi connectivity index (χ1v) is 6.04. The number of hydrogen-bond donors (Lipinski definition) is 1. The largest absolute Gasteiger partial charge is 0.478 e. The molecular formula is C14H24O2. The van der Waals surface area contributed by atoms with Crippen LogP contribution in [-0.4, -0.2) is 11.1 Å². The Morgan fingerprint density at radius 3 is 2.12 bits per heavy atom. The molecule has 0 aromatic heterocycles. The van der Waals surface area contributed by atoms with Gasteiger partial charge in [0.05, 0.1) is 0 Å². The molecule has 92 valence electrons. The zero-order chi connectivity index (χ0) is 12.6. The number of rotatable bonds is 2. The average Bonchev–Trinajstić information content (AvgIpc) is 2.29. The first-order chi connectivity index (χ1) is 7.49. The van der Waals surface area contributed by atoms with Gasteiger partial charge in [-0.3, -0.25) is 0 Å². The van der Waals surface area contributed by atoms with Crippen molar-refractivity contribution in [3.63, 3.8) is 0 Å². The number of carboxylic acid groups (broad SMARTS) is 1. The SMILES string of the molecule is CCC(C)=C(C)C.O=C(O)C1=CCCCC1. The molecule has 0 radical (unpaired) electrons. The summed E-state index contributed by atoms with van der Waals surface area (Å²) in [7, 11) is 0. The molecule has 0 fully saturated rings. The summed E-state index contributed by atoms with van der Waals surface area (Å²) in [6.45, 7) is 8.66. The van der Waals surface area contributed by atoms with Crippen molar-refractivity contribution in [1.82, 2.24) is 0 Å². The molecule has 0 aromatic carbocycles. The maximum atomic E-state index is 10.3. The number of allylic oxidation sites excluding steroid dienone is 3. The van der Waals surface area contributed by atoms with Crippen LogP contribution in [0.2, 0.25) is 0 Å². The van der Waals surface area contributed by atoms with Crippen molar-refractivity contribution in [2.45, 2.75) is 59.8 Å². The molecule has 1 rings (SSSR count). The highest BCUT2D eigenvalue weighted by molar-refractivity contribution is 5.86. The van der Waals surface area contributed by atoms with Gasteiger partial charge in [-0.15, -0.1) is 0 Å². The Hall–Kier alpha value is -1.05. The summed E-state index contributed by atoms with van der Waals surface area (Å²) < 4.78 is 0. The Morgan fingerprint density at radius 1 is 1.31 bits per heavy atom. The molecule has 0 saturated heterocycles. The zero-order valence-electron chi connectivity index (χ0n) is 11.0. The van der Waals surface area contributed by atoms with Crippen molar-refractivity contribution in [3.05, 3.63) is 22.8 Å². The van der Waals surface area contributed by atoms with Gasteiger partial charge in [0.1, 0.15) is 0 Å². The summed E-state index contributed by atoms with van der Waals surface area (Å²) in [5, 5.41) is 8.47. The molecule has 0 heterocycles. The van der Waals surface area contributed by atoms with Crippen molar-refractivity contribution >= 4 is 5.97 Å². The Balaban J connectivity index is 0.000000293. The lowest BCUT2D eigenvalue weighted by atomic mass is 10.0. The summed E-state index contributed by atoms with van der Waals surface area (Å²) >= 11 is 0. The molecule has 0 aromatic rings. The van der Waals surface area contributed by atoms with E-state index in [1.165, 1.54) is 17.6 Å². The third-order valence-corrected chi connectivity index (χ3v) is 2.95. The summed E-state index contributed by atoms with van der Waals surface area (Å²) in [5.41, 5.74) is 3.57. The van der Waals surface area contributed by atoms with Crippen molar-refractivity contribution in [2.75, 3.05) is 0 Å². The Bertz CT molecular complexity index is 281. The van der Waals surface area contributed by atoms with Crippen LogP contribution in [0.3, 0.4) is 0 Å². The fourth-order valence-corrected chi connectivity index (χ4v) is 1.39. The van der Waals surface area contributed by atoms with Crippen LogP contribution in [0.25, 0.3) is 0 Å². The molecule has 0 amide bonds. The van der Waals surface area contributed by atoms with Crippen molar-refractivity contribution in [3.8, 4) is 0 Å². The normalized spacial score (nSPS) is 14.4. The average molecular weight is 224 g/mol. The van der Waals surface area contributed by atoms with Crippen LogP contribution in [0.5, 0.6) is 0 Å². The minimum Gasteiger partial charge on any atom is -0.478 e. The quantitative estimate of drug-likeness (QED) is 0.709. The molecule has 0 aliphatic heterocycles. The van der Waals surface area contributed by atoms with E-state index in [-0.39, 0.29) is 0 Å². The monoisotopic (exact) mass is 224 g/mol. The molecule has 1 N–H and O–H groups in total. The lowest BCUT2D eigenvalue weighted by molar-refractivity contribution is -0.132. The molecule has 0 atom stereocenters. The number of carboxylic acids is 1. The third kappa shape index (κ3) is 6.44. The highest BCUT2D eigenvalue weighted by Crippen LogP contribution is 2.16. The molecule has 0 unspecified atom stereocenters. The first-order valence-electron chi connectivity index (χ1n) is 6.04. The van der Waals surface area contributed by atoms with E-state index in [9.17, 15) is 4.79 Å². The second-order valence-corrected chi connectivity index (χ2v) is 4.41. The number of carbonyl (C=O) groups is 1. The van der Waals surface area contributed by atoms with Crippen LogP contribution in [0.4, 0.5) is 0 Å². The van der Waals surface area contributed by atoms with Gasteiger partial charge in [0.15, 0.2) is 0 Å². The molecule has 0 saturated carbocycles. The predicted molar refractivity (Wildman–Crippen MR) is 68.5 cm³/mol. The molecule has 2 nitrogen and oxygen atoms in total. The third-order valence-electron chi connectivity index (χ3n) is 2.95. The van der Waals surface area contributed by atoms with Crippen LogP contribution >= 0.6 is 0 Å². The summed E-state index contributed by atoms with van der Waals surface area (Å²) in [6, 6.07) is 0. The van der Waals surface area contributed by atoms with Gasteiger partial charge < -0.3 is 5.11 Å². The van der Waals surface area contributed by atoms with E-state index in [4.69, 9.17) is 5.11 Å². The van der Waals surface area contributed by atoms with E-state index >= 15 is 0 Å². The van der Waals surface area contributed by atoms with E-state index < -0.39 is 5.97 Å². The van der Waals surface area contributed by atoms with Crippen molar-refractivity contribution in [1.29, 1.82) is 0 Å². The smallest absolute Gasteiger partial charge is 0.331 e. The van der Waals surface area contributed by atoms with Crippen LogP contribution in [0.1, 0.15) is 59.8 Å². The van der Waals surface area contributed by atoms with Gasteiger partial charge in [-0.05, 0) is 52.9 Å². The minimum absolute atomic E-state index is 0.598. The van der Waals surface area contributed by atoms with E-state index in [2.05, 4.69) is 27.7 Å². The molecule has 0 spiro atoms. The standard InChI is InChI=1S/C7H10O2.C7H14/c8-7(9)6-4-2-1-3-5-6;1-5-7(4)6(2)3/h4H,1-3,5H2,(H,8,9);5H2,1-4H3. The lowest BCUT2D eigenvalue weighted by Gasteiger charge is -2.06. The maximum absolute atomic E-state index is 10.3. The summed E-state index contributed by atoms with van der Waals surface area (Å²) in [5.74, 6) is -0.741. The first kappa shape index (κ1) is 14.9. The Morgan fingerprint density at radius 2 is 1.94 bits per heavy atom. The second-order valence-electron chi connectivity index (χ2n) is 4.41. The lowest BCUT2D eigenvalue weighted by Crippen LogP contribution is -2.03. The van der Waals surface area contributed by atoms with Gasteiger partial charge in [0.25, 0.3) is 0 Å². The van der Waals surface area contributed by atoms with Crippen LogP contribution < -0.4 is 0 Å².